The van der Waals surface area contributed by atoms with Gasteiger partial charge in [-0.05, 0) is 57.5 Å². The third kappa shape index (κ3) is 7.66. The number of anilines is 1. The first-order chi connectivity index (χ1) is 15.6. The number of nitrogens with zero attached hydrogens (tertiary/aromatic N) is 2. The van der Waals surface area contributed by atoms with Gasteiger partial charge in [0.05, 0.1) is 11.9 Å². The van der Waals surface area contributed by atoms with Gasteiger partial charge in [-0.1, -0.05) is 23.7 Å². The zero-order valence-corrected chi connectivity index (χ0v) is 21.2. The molecule has 1 N–H and O–H groups in total. The number of sulfonamides is 1. The number of benzene rings is 2. The minimum Gasteiger partial charge on any atom is -0.350 e. The molecule has 2 amide bonds. The third-order valence-corrected chi connectivity index (χ3v) is 6.19. The summed E-state index contributed by atoms with van der Waals surface area (Å²) in [5.74, 6) is -3.55. The molecule has 11 heteroatoms. The summed E-state index contributed by atoms with van der Waals surface area (Å²) in [7, 11) is -4.05. The molecule has 7 nitrogen and oxygen atoms in total. The van der Waals surface area contributed by atoms with Gasteiger partial charge < -0.3 is 10.2 Å². The molecule has 34 heavy (non-hydrogen) atoms. The molecular weight excluding hydrogens is 488 g/mol. The number of hydrogen-bond acceptors (Lipinski definition) is 4. The van der Waals surface area contributed by atoms with Crippen molar-refractivity contribution in [3.05, 3.63) is 64.7 Å². The molecule has 0 saturated heterocycles. The van der Waals surface area contributed by atoms with E-state index >= 15 is 0 Å². The molecule has 0 fully saturated rings. The molecule has 0 heterocycles. The van der Waals surface area contributed by atoms with Crippen LogP contribution in [0, 0.1) is 11.6 Å². The molecular formula is C23H28ClF2N3O4S. The van der Waals surface area contributed by atoms with Crippen LogP contribution < -0.4 is 9.62 Å². The fraction of sp³-hybridized carbons (Fsp3) is 0.391. The van der Waals surface area contributed by atoms with Crippen LogP contribution in [-0.4, -0.2) is 49.5 Å². The Morgan fingerprint density at radius 3 is 2.15 bits per heavy atom. The van der Waals surface area contributed by atoms with E-state index in [-0.39, 0.29) is 12.2 Å². The topological polar surface area (TPSA) is 86.8 Å². The largest absolute Gasteiger partial charge is 0.350 e. The molecule has 186 valence electrons. The molecule has 0 aromatic heterocycles. The SMILES string of the molecule is C[C@@H](C(=O)NC(C)(C)C)N(Cc1ccc(Cl)cc1)C(=O)CN(c1ccc(F)c(F)c1)S(C)(=O)=O. The molecule has 1 atom stereocenters. The second-order valence-electron chi connectivity index (χ2n) is 8.93. The van der Waals surface area contributed by atoms with Gasteiger partial charge in [-0.2, -0.15) is 0 Å². The second-order valence-corrected chi connectivity index (χ2v) is 11.3. The van der Waals surface area contributed by atoms with Crippen molar-refractivity contribution >= 4 is 39.1 Å². The van der Waals surface area contributed by atoms with E-state index in [1.165, 1.54) is 11.8 Å². The Morgan fingerprint density at radius 1 is 1.06 bits per heavy atom. The van der Waals surface area contributed by atoms with E-state index < -0.39 is 51.6 Å². The molecule has 0 saturated carbocycles. The van der Waals surface area contributed by atoms with Crippen LogP contribution >= 0.6 is 11.6 Å². The lowest BCUT2D eigenvalue weighted by molar-refractivity contribution is -0.140. The summed E-state index contributed by atoms with van der Waals surface area (Å²) in [6.45, 7) is 6.17. The zero-order chi connectivity index (χ0) is 25.8. The van der Waals surface area contributed by atoms with E-state index in [1.807, 2.05) is 0 Å². The Hall–Kier alpha value is -2.72. The number of amides is 2. The first-order valence-corrected chi connectivity index (χ1v) is 12.6. The van der Waals surface area contributed by atoms with E-state index in [0.29, 0.717) is 21.0 Å². The molecule has 0 radical (unpaired) electrons. The molecule has 0 aliphatic rings. The van der Waals surface area contributed by atoms with Crippen molar-refractivity contribution in [3.63, 3.8) is 0 Å². The van der Waals surface area contributed by atoms with Crippen LogP contribution in [0.3, 0.4) is 0 Å². The van der Waals surface area contributed by atoms with Crippen molar-refractivity contribution < 1.29 is 26.8 Å². The van der Waals surface area contributed by atoms with Gasteiger partial charge in [0.25, 0.3) is 0 Å². The van der Waals surface area contributed by atoms with Gasteiger partial charge in [-0.3, -0.25) is 13.9 Å². The van der Waals surface area contributed by atoms with Crippen LogP contribution in [-0.2, 0) is 26.2 Å². The maximum absolute atomic E-state index is 13.8. The predicted molar refractivity (Wildman–Crippen MR) is 128 cm³/mol. The molecule has 0 aliphatic carbocycles. The van der Waals surface area contributed by atoms with Gasteiger partial charge in [-0.15, -0.1) is 0 Å². The minimum absolute atomic E-state index is 0.00981. The Morgan fingerprint density at radius 2 is 1.65 bits per heavy atom. The molecule has 0 spiro atoms. The highest BCUT2D eigenvalue weighted by molar-refractivity contribution is 7.92. The fourth-order valence-electron chi connectivity index (χ4n) is 3.10. The maximum atomic E-state index is 13.8. The van der Waals surface area contributed by atoms with Crippen molar-refractivity contribution in [3.8, 4) is 0 Å². The molecule has 2 aromatic carbocycles. The van der Waals surface area contributed by atoms with Crippen molar-refractivity contribution in [2.45, 2.75) is 45.8 Å². The van der Waals surface area contributed by atoms with Crippen LogP contribution in [0.4, 0.5) is 14.5 Å². The number of halogens is 3. The van der Waals surface area contributed by atoms with E-state index in [4.69, 9.17) is 11.6 Å². The number of carbonyl (C=O) groups excluding carboxylic acids is 2. The third-order valence-electron chi connectivity index (χ3n) is 4.80. The number of carbonyl (C=O) groups is 2. The quantitative estimate of drug-likeness (QED) is 0.580. The van der Waals surface area contributed by atoms with Gasteiger partial charge in [0, 0.05) is 23.2 Å². The standard InChI is InChI=1S/C23H28ClF2N3O4S/c1-15(22(31)27-23(2,3)4)28(13-16-6-8-17(24)9-7-16)21(30)14-29(34(5,32)33)18-10-11-19(25)20(26)12-18/h6-12,15H,13-14H2,1-5H3,(H,27,31)/t15-/m0/s1. The number of nitrogens with one attached hydrogen (secondary N) is 1. The van der Waals surface area contributed by atoms with E-state index in [1.54, 1.807) is 45.0 Å². The van der Waals surface area contributed by atoms with Crippen LogP contribution in [0.1, 0.15) is 33.3 Å². The van der Waals surface area contributed by atoms with Gasteiger partial charge in [0.2, 0.25) is 21.8 Å². The monoisotopic (exact) mass is 515 g/mol. The lowest BCUT2D eigenvalue weighted by Crippen LogP contribution is -2.54. The van der Waals surface area contributed by atoms with Crippen molar-refractivity contribution in [2.75, 3.05) is 17.1 Å². The lowest BCUT2D eigenvalue weighted by atomic mass is 10.1. The van der Waals surface area contributed by atoms with E-state index in [0.717, 1.165) is 18.4 Å². The highest BCUT2D eigenvalue weighted by Gasteiger charge is 2.31. The normalized spacial score (nSPS) is 12.7. The molecule has 2 rings (SSSR count). The molecule has 0 aliphatic heterocycles. The Balaban J connectivity index is 2.41. The van der Waals surface area contributed by atoms with Crippen LogP contribution in [0.15, 0.2) is 42.5 Å². The average molecular weight is 516 g/mol. The summed E-state index contributed by atoms with van der Waals surface area (Å²) in [6, 6.07) is 8.19. The van der Waals surface area contributed by atoms with Crippen molar-refractivity contribution in [1.82, 2.24) is 10.2 Å². The summed E-state index contributed by atoms with van der Waals surface area (Å²) in [5.41, 5.74) is -0.120. The first-order valence-electron chi connectivity index (χ1n) is 10.4. The van der Waals surface area contributed by atoms with Crippen molar-refractivity contribution in [1.29, 1.82) is 0 Å². The summed E-state index contributed by atoms with van der Waals surface area (Å²) < 4.78 is 52.7. The molecule has 0 unspecified atom stereocenters. The molecule has 2 aromatic rings. The van der Waals surface area contributed by atoms with E-state index in [9.17, 15) is 26.8 Å². The van der Waals surface area contributed by atoms with Crippen LogP contribution in [0.25, 0.3) is 0 Å². The Kier molecular flexibility index (Phi) is 8.65. The van der Waals surface area contributed by atoms with Gasteiger partial charge in [0.1, 0.15) is 12.6 Å². The Labute approximate surface area is 203 Å². The summed E-state index contributed by atoms with van der Waals surface area (Å²) >= 11 is 5.93. The van der Waals surface area contributed by atoms with Crippen molar-refractivity contribution in [2.24, 2.45) is 0 Å². The highest BCUT2D eigenvalue weighted by Crippen LogP contribution is 2.22. The summed E-state index contributed by atoms with van der Waals surface area (Å²) in [4.78, 5) is 27.4. The summed E-state index contributed by atoms with van der Waals surface area (Å²) in [6.07, 6.45) is 0.848. The predicted octanol–water partition coefficient (Wildman–Crippen LogP) is 3.72. The lowest BCUT2D eigenvalue weighted by Gasteiger charge is -2.33. The smallest absolute Gasteiger partial charge is 0.244 e. The average Bonchev–Trinajstić information content (AvgIpc) is 2.71. The number of hydrogen-bond donors (Lipinski definition) is 1. The van der Waals surface area contributed by atoms with Crippen LogP contribution in [0.2, 0.25) is 5.02 Å². The Bertz CT molecular complexity index is 1150. The van der Waals surface area contributed by atoms with Gasteiger partial charge >= 0.3 is 0 Å². The second kappa shape index (κ2) is 10.7. The fourth-order valence-corrected chi connectivity index (χ4v) is 4.06. The maximum Gasteiger partial charge on any atom is 0.244 e. The zero-order valence-electron chi connectivity index (χ0n) is 19.6. The first kappa shape index (κ1) is 27.5. The highest BCUT2D eigenvalue weighted by atomic mass is 35.5. The minimum atomic E-state index is -4.05. The van der Waals surface area contributed by atoms with Gasteiger partial charge in [0.15, 0.2) is 11.6 Å². The summed E-state index contributed by atoms with van der Waals surface area (Å²) in [5, 5.41) is 3.29. The number of rotatable bonds is 8. The van der Waals surface area contributed by atoms with Gasteiger partial charge in [-0.25, -0.2) is 17.2 Å². The van der Waals surface area contributed by atoms with E-state index in [2.05, 4.69) is 5.32 Å². The van der Waals surface area contributed by atoms with Crippen LogP contribution in [0.5, 0.6) is 0 Å². The molecule has 0 bridgehead atoms.